The minimum atomic E-state index is -0.709. The maximum absolute atomic E-state index is 11.8. The van der Waals surface area contributed by atoms with Gasteiger partial charge in [-0.1, -0.05) is 29.3 Å². The molecule has 0 aliphatic carbocycles. The first-order valence-corrected chi connectivity index (χ1v) is 7.34. The fourth-order valence-corrected chi connectivity index (χ4v) is 2.42. The number of aryl methyl sites for hydroxylation is 3. The number of benzene rings is 1. The van der Waals surface area contributed by atoms with E-state index in [4.69, 9.17) is 0 Å². The molecule has 118 valence electrons. The van der Waals surface area contributed by atoms with Crippen molar-refractivity contribution in [2.45, 2.75) is 26.5 Å². The van der Waals surface area contributed by atoms with E-state index in [1.165, 1.54) is 0 Å². The third-order valence-corrected chi connectivity index (χ3v) is 3.57. The second-order valence-corrected chi connectivity index (χ2v) is 5.61. The van der Waals surface area contributed by atoms with Crippen molar-refractivity contribution in [3.05, 3.63) is 58.9 Å². The molecule has 0 aliphatic heterocycles. The summed E-state index contributed by atoms with van der Waals surface area (Å²) in [6.45, 7) is 4.61. The molecule has 0 unspecified atom stereocenters. The minimum Gasteiger partial charge on any atom is -0.387 e. The van der Waals surface area contributed by atoms with Crippen LogP contribution in [-0.2, 0) is 13.6 Å². The third-order valence-electron chi connectivity index (χ3n) is 3.57. The second-order valence-electron chi connectivity index (χ2n) is 5.61. The van der Waals surface area contributed by atoms with Crippen molar-refractivity contribution in [2.24, 2.45) is 7.05 Å². The van der Waals surface area contributed by atoms with E-state index in [1.54, 1.807) is 0 Å². The van der Waals surface area contributed by atoms with Crippen molar-refractivity contribution < 1.29 is 9.90 Å². The number of aliphatic hydroxyl groups is 1. The van der Waals surface area contributed by atoms with Gasteiger partial charge >= 0.3 is 6.03 Å². The number of nitrogens with one attached hydrogen (secondary N) is 2. The highest BCUT2D eigenvalue weighted by molar-refractivity contribution is 5.73. The number of urea groups is 1. The van der Waals surface area contributed by atoms with E-state index in [2.05, 4.69) is 16.7 Å². The summed E-state index contributed by atoms with van der Waals surface area (Å²) in [6.07, 6.45) is 1.22. The molecule has 1 aromatic heterocycles. The van der Waals surface area contributed by atoms with Crippen molar-refractivity contribution in [1.29, 1.82) is 0 Å². The molecule has 2 amide bonds. The second kappa shape index (κ2) is 7.13. The van der Waals surface area contributed by atoms with Gasteiger partial charge in [-0.05, 0) is 31.5 Å². The molecule has 0 radical (unpaired) electrons. The molecule has 3 N–H and O–H groups in total. The molecule has 0 aliphatic rings. The largest absolute Gasteiger partial charge is 0.387 e. The Bertz CT molecular complexity index is 629. The summed E-state index contributed by atoms with van der Waals surface area (Å²) in [4.78, 5) is 11.8. The summed E-state index contributed by atoms with van der Waals surface area (Å²) >= 11 is 0. The summed E-state index contributed by atoms with van der Waals surface area (Å²) in [6, 6.07) is 9.51. The van der Waals surface area contributed by atoms with E-state index < -0.39 is 6.10 Å². The minimum absolute atomic E-state index is 0.182. The molecule has 5 heteroatoms. The average molecular weight is 301 g/mol. The van der Waals surface area contributed by atoms with Gasteiger partial charge in [-0.2, -0.15) is 0 Å². The van der Waals surface area contributed by atoms with E-state index >= 15 is 0 Å². The van der Waals surface area contributed by atoms with Crippen LogP contribution in [0.3, 0.4) is 0 Å². The van der Waals surface area contributed by atoms with Crippen LogP contribution in [0.4, 0.5) is 4.79 Å². The zero-order chi connectivity index (χ0) is 16.1. The lowest BCUT2D eigenvalue weighted by Crippen LogP contribution is -2.37. The first kappa shape index (κ1) is 16.1. The maximum atomic E-state index is 11.8. The van der Waals surface area contributed by atoms with Gasteiger partial charge in [0.15, 0.2) is 0 Å². The van der Waals surface area contributed by atoms with Crippen LogP contribution in [-0.4, -0.2) is 22.2 Å². The molecule has 0 fully saturated rings. The Morgan fingerprint density at radius 2 is 1.91 bits per heavy atom. The molecule has 0 saturated heterocycles. The SMILES string of the molecule is Cc1cc(C)cc([C@@H](O)CNC(=O)NCc2cccn2C)c1. The summed E-state index contributed by atoms with van der Waals surface area (Å²) in [5, 5.41) is 15.6. The number of hydrogen-bond donors (Lipinski definition) is 3. The molecule has 22 heavy (non-hydrogen) atoms. The van der Waals surface area contributed by atoms with E-state index in [0.717, 1.165) is 22.4 Å². The van der Waals surface area contributed by atoms with Gasteiger partial charge in [0.1, 0.15) is 0 Å². The monoisotopic (exact) mass is 301 g/mol. The highest BCUT2D eigenvalue weighted by Crippen LogP contribution is 2.16. The fourth-order valence-electron chi connectivity index (χ4n) is 2.42. The Hall–Kier alpha value is -2.27. The molecule has 0 saturated carbocycles. The standard InChI is InChI=1S/C17H23N3O2/c1-12-7-13(2)9-14(8-12)16(21)11-19-17(22)18-10-15-5-4-6-20(15)3/h4-9,16,21H,10-11H2,1-3H3,(H2,18,19,22)/t16-/m0/s1. The third kappa shape index (κ3) is 4.36. The van der Waals surface area contributed by atoms with Crippen LogP contribution < -0.4 is 10.6 Å². The van der Waals surface area contributed by atoms with E-state index in [9.17, 15) is 9.90 Å². The topological polar surface area (TPSA) is 66.3 Å². The molecule has 0 spiro atoms. The van der Waals surface area contributed by atoms with Crippen LogP contribution in [0, 0.1) is 13.8 Å². The smallest absolute Gasteiger partial charge is 0.315 e. The van der Waals surface area contributed by atoms with Crippen LogP contribution in [0.15, 0.2) is 36.5 Å². The number of nitrogens with zero attached hydrogens (tertiary/aromatic N) is 1. The molecular formula is C17H23N3O2. The van der Waals surface area contributed by atoms with Crippen LogP contribution in [0.2, 0.25) is 0 Å². The van der Waals surface area contributed by atoms with Gasteiger partial charge in [-0.3, -0.25) is 0 Å². The summed E-state index contributed by atoms with van der Waals surface area (Å²) < 4.78 is 1.95. The molecular weight excluding hydrogens is 278 g/mol. The Balaban J connectivity index is 1.81. The number of rotatable bonds is 5. The molecule has 1 aromatic carbocycles. The Morgan fingerprint density at radius 3 is 2.50 bits per heavy atom. The van der Waals surface area contributed by atoms with Gasteiger partial charge in [0.05, 0.1) is 12.6 Å². The number of amides is 2. The van der Waals surface area contributed by atoms with Crippen molar-refractivity contribution in [3.8, 4) is 0 Å². The van der Waals surface area contributed by atoms with Gasteiger partial charge in [-0.25, -0.2) is 4.79 Å². The van der Waals surface area contributed by atoms with Crippen molar-refractivity contribution in [3.63, 3.8) is 0 Å². The lowest BCUT2D eigenvalue weighted by Gasteiger charge is -2.14. The van der Waals surface area contributed by atoms with E-state index in [0.29, 0.717) is 6.54 Å². The van der Waals surface area contributed by atoms with Gasteiger partial charge in [0, 0.05) is 25.5 Å². The molecule has 1 heterocycles. The first-order valence-electron chi connectivity index (χ1n) is 7.34. The number of carbonyl (C=O) groups is 1. The Labute approximate surface area is 131 Å². The summed E-state index contributed by atoms with van der Waals surface area (Å²) in [5.74, 6) is 0. The zero-order valence-corrected chi connectivity index (χ0v) is 13.3. The summed E-state index contributed by atoms with van der Waals surface area (Å²) in [5.41, 5.74) is 4.04. The Kier molecular flexibility index (Phi) is 5.22. The summed E-state index contributed by atoms with van der Waals surface area (Å²) in [7, 11) is 1.93. The predicted molar refractivity (Wildman–Crippen MR) is 86.5 cm³/mol. The van der Waals surface area contributed by atoms with Crippen LogP contribution in [0.25, 0.3) is 0 Å². The highest BCUT2D eigenvalue weighted by Gasteiger charge is 2.10. The van der Waals surface area contributed by atoms with Crippen molar-refractivity contribution >= 4 is 6.03 Å². The molecule has 0 bridgehead atoms. The maximum Gasteiger partial charge on any atom is 0.315 e. The number of carbonyl (C=O) groups excluding carboxylic acids is 1. The van der Waals surface area contributed by atoms with E-state index in [-0.39, 0.29) is 12.6 Å². The van der Waals surface area contributed by atoms with Crippen molar-refractivity contribution in [1.82, 2.24) is 15.2 Å². The van der Waals surface area contributed by atoms with Gasteiger partial charge < -0.3 is 20.3 Å². The van der Waals surface area contributed by atoms with Crippen LogP contribution in [0.5, 0.6) is 0 Å². The lowest BCUT2D eigenvalue weighted by atomic mass is 10.0. The highest BCUT2D eigenvalue weighted by atomic mass is 16.3. The number of hydrogen-bond acceptors (Lipinski definition) is 2. The molecule has 2 aromatic rings. The van der Waals surface area contributed by atoms with Crippen LogP contribution >= 0.6 is 0 Å². The van der Waals surface area contributed by atoms with Gasteiger partial charge in [0.2, 0.25) is 0 Å². The van der Waals surface area contributed by atoms with Gasteiger partial charge in [-0.15, -0.1) is 0 Å². The van der Waals surface area contributed by atoms with Crippen molar-refractivity contribution in [2.75, 3.05) is 6.54 Å². The Morgan fingerprint density at radius 1 is 1.23 bits per heavy atom. The normalized spacial score (nSPS) is 12.0. The van der Waals surface area contributed by atoms with Gasteiger partial charge in [0.25, 0.3) is 0 Å². The van der Waals surface area contributed by atoms with E-state index in [1.807, 2.05) is 55.9 Å². The quantitative estimate of drug-likeness (QED) is 0.792. The number of aromatic nitrogens is 1. The zero-order valence-electron chi connectivity index (χ0n) is 13.3. The van der Waals surface area contributed by atoms with Crippen LogP contribution in [0.1, 0.15) is 28.5 Å². The lowest BCUT2D eigenvalue weighted by molar-refractivity contribution is 0.173. The predicted octanol–water partition coefficient (Wildman–Crippen LogP) is 2.17. The molecule has 5 nitrogen and oxygen atoms in total. The average Bonchev–Trinajstić information content (AvgIpc) is 2.86. The first-order chi connectivity index (χ1) is 10.5. The number of aliphatic hydroxyl groups excluding tert-OH is 1. The molecule has 2 rings (SSSR count). The molecule has 1 atom stereocenters. The fraction of sp³-hybridized carbons (Fsp3) is 0.353.